The van der Waals surface area contributed by atoms with Crippen molar-refractivity contribution >= 4 is 23.5 Å². The number of hydrogen-bond acceptors (Lipinski definition) is 4. The zero-order valence-corrected chi connectivity index (χ0v) is 14.1. The van der Waals surface area contributed by atoms with Gasteiger partial charge in [0.1, 0.15) is 11.4 Å². The Morgan fingerprint density at radius 1 is 1.39 bits per heavy atom. The molecule has 0 saturated carbocycles. The van der Waals surface area contributed by atoms with E-state index >= 15 is 0 Å². The summed E-state index contributed by atoms with van der Waals surface area (Å²) in [5, 5.41) is 16.8. The number of aromatic nitrogens is 2. The molecule has 0 aliphatic heterocycles. The third-order valence-corrected chi connectivity index (χ3v) is 3.08. The van der Waals surface area contributed by atoms with Gasteiger partial charge in [-0.1, -0.05) is 23.7 Å². The van der Waals surface area contributed by atoms with Gasteiger partial charge in [0.2, 0.25) is 0 Å². The average Bonchev–Trinajstić information content (AvgIpc) is 2.80. The Balaban J connectivity index is 2.26. The molecule has 2 aromatic rings. The molecule has 0 bridgehead atoms. The predicted octanol–water partition coefficient (Wildman–Crippen LogP) is 3.54. The van der Waals surface area contributed by atoms with Gasteiger partial charge >= 0.3 is 6.09 Å². The van der Waals surface area contributed by atoms with Crippen molar-refractivity contribution in [2.75, 3.05) is 11.9 Å². The van der Waals surface area contributed by atoms with Crippen LogP contribution in [-0.4, -0.2) is 33.2 Å². The number of rotatable bonds is 4. The number of aliphatic hydroxyl groups excluding tert-OH is 1. The maximum Gasteiger partial charge on any atom is 0.413 e. The number of amides is 1. The molecule has 124 valence electrons. The molecule has 2 N–H and O–H groups in total. The molecule has 0 fully saturated rings. The second kappa shape index (κ2) is 7.02. The fourth-order valence-electron chi connectivity index (χ4n) is 1.98. The van der Waals surface area contributed by atoms with Gasteiger partial charge in [-0.15, -0.1) is 0 Å². The van der Waals surface area contributed by atoms with Crippen LogP contribution in [0, 0.1) is 0 Å². The molecule has 0 spiro atoms. The van der Waals surface area contributed by atoms with Crippen LogP contribution < -0.4 is 5.32 Å². The third-order valence-electron chi connectivity index (χ3n) is 2.84. The summed E-state index contributed by atoms with van der Waals surface area (Å²) in [6, 6.07) is 8.96. The van der Waals surface area contributed by atoms with Crippen molar-refractivity contribution in [3.63, 3.8) is 0 Å². The highest BCUT2D eigenvalue weighted by molar-refractivity contribution is 6.30. The quantitative estimate of drug-likeness (QED) is 0.894. The zero-order valence-electron chi connectivity index (χ0n) is 13.3. The van der Waals surface area contributed by atoms with Crippen molar-refractivity contribution in [1.29, 1.82) is 0 Å². The molecular weight excluding hydrogens is 318 g/mol. The Kier molecular flexibility index (Phi) is 5.28. The number of aliphatic hydroxyl groups is 1. The lowest BCUT2D eigenvalue weighted by atomic mass is 10.1. The van der Waals surface area contributed by atoms with E-state index in [-0.39, 0.29) is 13.2 Å². The molecule has 1 aromatic heterocycles. The minimum atomic E-state index is -0.596. The Morgan fingerprint density at radius 3 is 2.74 bits per heavy atom. The average molecular weight is 338 g/mol. The molecule has 0 radical (unpaired) electrons. The number of nitrogens with zero attached hydrogens (tertiary/aromatic N) is 2. The van der Waals surface area contributed by atoms with Gasteiger partial charge in [-0.05, 0) is 32.9 Å². The number of halogens is 1. The van der Waals surface area contributed by atoms with Gasteiger partial charge in [-0.2, -0.15) is 5.10 Å². The molecule has 7 heteroatoms. The van der Waals surface area contributed by atoms with E-state index in [1.165, 1.54) is 4.68 Å². The van der Waals surface area contributed by atoms with Crippen molar-refractivity contribution < 1.29 is 14.6 Å². The van der Waals surface area contributed by atoms with Crippen LogP contribution in [-0.2, 0) is 11.3 Å². The van der Waals surface area contributed by atoms with Crippen LogP contribution in [0.4, 0.5) is 10.6 Å². The fraction of sp³-hybridized carbons (Fsp3) is 0.375. The topological polar surface area (TPSA) is 76.4 Å². The molecule has 0 saturated heterocycles. The van der Waals surface area contributed by atoms with E-state index in [4.69, 9.17) is 21.4 Å². The monoisotopic (exact) mass is 337 g/mol. The second-order valence-corrected chi connectivity index (χ2v) is 6.44. The zero-order chi connectivity index (χ0) is 17.0. The van der Waals surface area contributed by atoms with Gasteiger partial charge in [0, 0.05) is 16.7 Å². The van der Waals surface area contributed by atoms with Crippen LogP contribution in [0.1, 0.15) is 20.8 Å². The summed E-state index contributed by atoms with van der Waals surface area (Å²) in [6.07, 6.45) is -0.575. The number of nitrogens with one attached hydrogen (secondary N) is 1. The van der Waals surface area contributed by atoms with E-state index in [2.05, 4.69) is 10.4 Å². The molecule has 0 aliphatic carbocycles. The molecule has 0 atom stereocenters. The van der Waals surface area contributed by atoms with Gasteiger partial charge in [-0.25, -0.2) is 9.48 Å². The minimum Gasteiger partial charge on any atom is -0.444 e. The van der Waals surface area contributed by atoms with Crippen molar-refractivity contribution in [3.05, 3.63) is 35.4 Å². The highest BCUT2D eigenvalue weighted by Crippen LogP contribution is 2.25. The van der Waals surface area contributed by atoms with E-state index in [1.54, 1.807) is 39.0 Å². The van der Waals surface area contributed by atoms with Crippen molar-refractivity contribution in [2.24, 2.45) is 0 Å². The van der Waals surface area contributed by atoms with Crippen LogP contribution in [0.2, 0.25) is 5.02 Å². The number of anilines is 1. The summed E-state index contributed by atoms with van der Waals surface area (Å²) in [5.74, 6) is 0.447. The van der Waals surface area contributed by atoms with Gasteiger partial charge in [0.25, 0.3) is 0 Å². The molecule has 6 nitrogen and oxygen atoms in total. The van der Waals surface area contributed by atoms with Crippen LogP contribution >= 0.6 is 11.6 Å². The molecule has 2 rings (SSSR count). The molecule has 1 amide bonds. The number of ether oxygens (including phenoxy) is 1. The fourth-order valence-corrected chi connectivity index (χ4v) is 2.17. The normalized spacial score (nSPS) is 11.3. The highest BCUT2D eigenvalue weighted by atomic mass is 35.5. The minimum absolute atomic E-state index is 0.0976. The number of hydrogen-bond donors (Lipinski definition) is 2. The van der Waals surface area contributed by atoms with Crippen LogP contribution in [0.5, 0.6) is 0 Å². The van der Waals surface area contributed by atoms with E-state index in [9.17, 15) is 4.79 Å². The third kappa shape index (κ3) is 4.97. The highest BCUT2D eigenvalue weighted by Gasteiger charge is 2.18. The molecular formula is C16H20ClN3O3. The van der Waals surface area contributed by atoms with E-state index in [0.29, 0.717) is 16.5 Å². The molecule has 23 heavy (non-hydrogen) atoms. The molecule has 1 heterocycles. The lowest BCUT2D eigenvalue weighted by Gasteiger charge is -2.19. The van der Waals surface area contributed by atoms with Gasteiger partial charge in [-0.3, -0.25) is 5.32 Å². The molecule has 1 aromatic carbocycles. The summed E-state index contributed by atoms with van der Waals surface area (Å²) in [7, 11) is 0. The van der Waals surface area contributed by atoms with Gasteiger partial charge in [0.05, 0.1) is 18.8 Å². The van der Waals surface area contributed by atoms with E-state index < -0.39 is 11.7 Å². The van der Waals surface area contributed by atoms with Crippen molar-refractivity contribution in [2.45, 2.75) is 32.9 Å². The molecule has 0 aliphatic rings. The lowest BCUT2D eigenvalue weighted by molar-refractivity contribution is 0.0634. The maximum atomic E-state index is 11.9. The summed E-state index contributed by atoms with van der Waals surface area (Å²) < 4.78 is 6.75. The van der Waals surface area contributed by atoms with Gasteiger partial charge < -0.3 is 9.84 Å². The standard InChI is InChI=1S/C16H20ClN3O3/c1-16(2,3)23-15(22)18-14-10-13(19-20(14)7-8-21)11-5-4-6-12(17)9-11/h4-6,9-10,21H,7-8H2,1-3H3,(H,18,22). The van der Waals surface area contributed by atoms with Gasteiger partial charge in [0.15, 0.2) is 0 Å². The first kappa shape index (κ1) is 17.3. The Bertz CT molecular complexity index is 692. The smallest absolute Gasteiger partial charge is 0.413 e. The first-order valence-corrected chi connectivity index (χ1v) is 7.61. The van der Waals surface area contributed by atoms with Crippen molar-refractivity contribution in [1.82, 2.24) is 9.78 Å². The predicted molar refractivity (Wildman–Crippen MR) is 89.6 cm³/mol. The SMILES string of the molecule is CC(C)(C)OC(=O)Nc1cc(-c2cccc(Cl)c2)nn1CCO. The Hall–Kier alpha value is -2.05. The summed E-state index contributed by atoms with van der Waals surface area (Å²) in [4.78, 5) is 11.9. The maximum absolute atomic E-state index is 11.9. The van der Waals surface area contributed by atoms with Crippen LogP contribution in [0.15, 0.2) is 30.3 Å². The van der Waals surface area contributed by atoms with E-state index in [0.717, 1.165) is 5.56 Å². The summed E-state index contributed by atoms with van der Waals surface area (Å²) >= 11 is 6.00. The first-order valence-electron chi connectivity index (χ1n) is 7.23. The number of benzene rings is 1. The lowest BCUT2D eigenvalue weighted by Crippen LogP contribution is -2.28. The van der Waals surface area contributed by atoms with E-state index in [1.807, 2.05) is 12.1 Å². The Morgan fingerprint density at radius 2 is 2.13 bits per heavy atom. The largest absolute Gasteiger partial charge is 0.444 e. The second-order valence-electron chi connectivity index (χ2n) is 6.00. The van der Waals surface area contributed by atoms with Crippen LogP contribution in [0.3, 0.4) is 0 Å². The van der Waals surface area contributed by atoms with Crippen LogP contribution in [0.25, 0.3) is 11.3 Å². The summed E-state index contributed by atoms with van der Waals surface area (Å²) in [5.41, 5.74) is 0.871. The van der Waals surface area contributed by atoms with Crippen molar-refractivity contribution in [3.8, 4) is 11.3 Å². The first-order chi connectivity index (χ1) is 10.8. The number of carbonyl (C=O) groups excluding carboxylic acids is 1. The molecule has 0 unspecified atom stereocenters. The number of carbonyl (C=O) groups is 1. The summed E-state index contributed by atoms with van der Waals surface area (Å²) in [6.45, 7) is 5.52. The Labute approximate surface area is 140 Å².